The van der Waals surface area contributed by atoms with Crippen LogP contribution in [-0.4, -0.2) is 19.7 Å². The summed E-state index contributed by atoms with van der Waals surface area (Å²) in [6.45, 7) is 2.07. The maximum Gasteiger partial charge on any atom is 0.200 e. The molecule has 4 nitrogen and oxygen atoms in total. The van der Waals surface area contributed by atoms with Crippen LogP contribution in [0.25, 0.3) is 28.0 Å². The van der Waals surface area contributed by atoms with Crippen molar-refractivity contribution in [3.63, 3.8) is 0 Å². The lowest BCUT2D eigenvalue weighted by Crippen LogP contribution is -1.99. The average molecular weight is 318 g/mol. The molecule has 5 heteroatoms. The quantitative estimate of drug-likeness (QED) is 0.555. The van der Waals surface area contributed by atoms with Gasteiger partial charge >= 0.3 is 0 Å². The molecule has 4 aromatic rings. The number of aromatic nitrogens is 4. The second kappa shape index (κ2) is 5.44. The molecule has 0 bridgehead atoms. The number of hydrogen-bond acceptors (Lipinski definition) is 3. The fraction of sp³-hybridized carbons (Fsp3) is 0.0556. The molecular formula is C18H14N4S. The molecule has 23 heavy (non-hydrogen) atoms. The van der Waals surface area contributed by atoms with Crippen molar-refractivity contribution in [2.24, 2.45) is 0 Å². The number of benzene rings is 2. The Bertz CT molecular complexity index is 1040. The van der Waals surface area contributed by atoms with E-state index in [0.717, 1.165) is 28.0 Å². The normalized spacial score (nSPS) is 11.0. The van der Waals surface area contributed by atoms with E-state index in [1.54, 1.807) is 6.20 Å². The molecule has 2 heterocycles. The fourth-order valence-corrected chi connectivity index (χ4v) is 2.93. The van der Waals surface area contributed by atoms with Crippen molar-refractivity contribution >= 4 is 23.1 Å². The van der Waals surface area contributed by atoms with Crippen LogP contribution in [0.15, 0.2) is 60.8 Å². The topological polar surface area (TPSA) is 46.5 Å². The van der Waals surface area contributed by atoms with Gasteiger partial charge in [0.15, 0.2) is 10.6 Å². The second-order valence-corrected chi connectivity index (χ2v) is 5.79. The van der Waals surface area contributed by atoms with Crippen LogP contribution in [0.1, 0.15) is 5.56 Å². The summed E-state index contributed by atoms with van der Waals surface area (Å²) < 4.78 is 2.53. The molecule has 0 saturated carbocycles. The van der Waals surface area contributed by atoms with E-state index in [1.165, 1.54) is 5.56 Å². The van der Waals surface area contributed by atoms with Crippen molar-refractivity contribution in [2.75, 3.05) is 0 Å². The van der Waals surface area contributed by atoms with Crippen molar-refractivity contribution in [1.82, 2.24) is 19.7 Å². The van der Waals surface area contributed by atoms with E-state index in [2.05, 4.69) is 46.4 Å². The molecule has 0 saturated heterocycles. The van der Waals surface area contributed by atoms with Crippen molar-refractivity contribution in [3.05, 3.63) is 71.1 Å². The van der Waals surface area contributed by atoms with Crippen LogP contribution in [0.4, 0.5) is 0 Å². The van der Waals surface area contributed by atoms with Gasteiger partial charge in [-0.3, -0.25) is 14.6 Å². The zero-order valence-electron chi connectivity index (χ0n) is 12.5. The van der Waals surface area contributed by atoms with Gasteiger partial charge in [0.05, 0.1) is 11.2 Å². The zero-order valence-corrected chi connectivity index (χ0v) is 13.3. The first-order valence-electron chi connectivity index (χ1n) is 7.32. The summed E-state index contributed by atoms with van der Waals surface area (Å²) in [5.41, 5.74) is 4.14. The van der Waals surface area contributed by atoms with Gasteiger partial charge in [0.25, 0.3) is 0 Å². The predicted octanol–water partition coefficient (Wildman–Crippen LogP) is 4.45. The van der Waals surface area contributed by atoms with Crippen molar-refractivity contribution in [1.29, 1.82) is 0 Å². The Morgan fingerprint density at radius 2 is 1.83 bits per heavy atom. The number of nitrogens with one attached hydrogen (secondary N) is 1. The van der Waals surface area contributed by atoms with Gasteiger partial charge in [-0.25, -0.2) is 0 Å². The van der Waals surface area contributed by atoms with E-state index in [9.17, 15) is 0 Å². The molecule has 0 aliphatic carbocycles. The highest BCUT2D eigenvalue weighted by molar-refractivity contribution is 7.71. The van der Waals surface area contributed by atoms with E-state index in [-0.39, 0.29) is 0 Å². The molecule has 0 unspecified atom stereocenters. The lowest BCUT2D eigenvalue weighted by atomic mass is 10.1. The molecular weight excluding hydrogens is 304 g/mol. The summed E-state index contributed by atoms with van der Waals surface area (Å²) >= 11 is 5.47. The van der Waals surface area contributed by atoms with Crippen molar-refractivity contribution < 1.29 is 0 Å². The highest BCUT2D eigenvalue weighted by atomic mass is 32.1. The van der Waals surface area contributed by atoms with Gasteiger partial charge in [-0.2, -0.15) is 5.10 Å². The first kappa shape index (κ1) is 13.8. The Morgan fingerprint density at radius 3 is 2.65 bits per heavy atom. The maximum atomic E-state index is 5.47. The molecule has 1 N–H and O–H groups in total. The monoisotopic (exact) mass is 318 g/mol. The third kappa shape index (κ3) is 2.35. The van der Waals surface area contributed by atoms with Crippen LogP contribution in [0, 0.1) is 11.7 Å². The smallest absolute Gasteiger partial charge is 0.200 e. The van der Waals surface area contributed by atoms with Gasteiger partial charge < -0.3 is 0 Å². The number of pyridine rings is 1. The SMILES string of the molecule is Cc1ccc(-c2n[nH]c(=S)n2-c2cccc3ncccc23)cc1. The van der Waals surface area contributed by atoms with Crippen LogP contribution in [0.2, 0.25) is 0 Å². The van der Waals surface area contributed by atoms with E-state index < -0.39 is 0 Å². The number of fused-ring (bicyclic) bond motifs is 1. The van der Waals surface area contributed by atoms with Crippen LogP contribution in [-0.2, 0) is 0 Å². The summed E-state index contributed by atoms with van der Waals surface area (Å²) in [4.78, 5) is 4.42. The summed E-state index contributed by atoms with van der Waals surface area (Å²) in [6, 6.07) is 18.2. The number of H-pyrrole nitrogens is 1. The van der Waals surface area contributed by atoms with Crippen molar-refractivity contribution in [2.45, 2.75) is 6.92 Å². The fourth-order valence-electron chi connectivity index (χ4n) is 2.70. The van der Waals surface area contributed by atoms with E-state index >= 15 is 0 Å². The average Bonchev–Trinajstić information content (AvgIpc) is 2.96. The van der Waals surface area contributed by atoms with Gasteiger partial charge in [-0.1, -0.05) is 35.9 Å². The van der Waals surface area contributed by atoms with E-state index in [4.69, 9.17) is 12.2 Å². The molecule has 2 aromatic carbocycles. The third-order valence-electron chi connectivity index (χ3n) is 3.85. The Kier molecular flexibility index (Phi) is 3.28. The molecule has 0 aliphatic rings. The van der Waals surface area contributed by atoms with Crippen LogP contribution in [0.3, 0.4) is 0 Å². The highest BCUT2D eigenvalue weighted by Crippen LogP contribution is 2.26. The molecule has 0 aliphatic heterocycles. The number of rotatable bonds is 2. The number of aryl methyl sites for hydroxylation is 1. The molecule has 0 spiro atoms. The predicted molar refractivity (Wildman–Crippen MR) is 94.2 cm³/mol. The molecule has 0 fully saturated rings. The van der Waals surface area contributed by atoms with Crippen molar-refractivity contribution in [3.8, 4) is 17.1 Å². The van der Waals surface area contributed by atoms with Gasteiger partial charge in [-0.05, 0) is 43.4 Å². The molecule has 4 rings (SSSR count). The standard InChI is InChI=1S/C18H14N4S/c1-12-7-9-13(10-8-12)17-20-21-18(23)22(17)16-6-2-5-15-14(16)4-3-11-19-15/h2-11H,1H3,(H,21,23). The zero-order chi connectivity index (χ0) is 15.8. The lowest BCUT2D eigenvalue weighted by Gasteiger charge is -2.10. The van der Waals surface area contributed by atoms with Crippen LogP contribution in [0.5, 0.6) is 0 Å². The Balaban J connectivity index is 2.01. The Morgan fingerprint density at radius 1 is 1.00 bits per heavy atom. The van der Waals surface area contributed by atoms with Crippen LogP contribution < -0.4 is 0 Å². The minimum atomic E-state index is 0.567. The molecule has 0 radical (unpaired) electrons. The number of hydrogen-bond donors (Lipinski definition) is 1. The Labute approximate surface area is 138 Å². The van der Waals surface area contributed by atoms with E-state index in [0.29, 0.717) is 4.77 Å². The minimum Gasteiger partial charge on any atom is -0.267 e. The first-order valence-corrected chi connectivity index (χ1v) is 7.73. The largest absolute Gasteiger partial charge is 0.267 e. The molecule has 2 aromatic heterocycles. The summed E-state index contributed by atoms with van der Waals surface area (Å²) in [6.07, 6.45) is 1.79. The van der Waals surface area contributed by atoms with Gasteiger partial charge in [0.2, 0.25) is 0 Å². The first-order chi connectivity index (χ1) is 11.2. The van der Waals surface area contributed by atoms with Gasteiger partial charge in [0, 0.05) is 17.1 Å². The third-order valence-corrected chi connectivity index (χ3v) is 4.12. The minimum absolute atomic E-state index is 0.567. The lowest BCUT2D eigenvalue weighted by molar-refractivity contribution is 1.04. The Hall–Kier alpha value is -2.79. The molecule has 0 amide bonds. The number of aromatic amines is 1. The molecule has 112 valence electrons. The van der Waals surface area contributed by atoms with E-state index in [1.807, 2.05) is 34.9 Å². The molecule has 0 atom stereocenters. The van der Waals surface area contributed by atoms with Crippen LogP contribution >= 0.6 is 12.2 Å². The maximum absolute atomic E-state index is 5.47. The summed E-state index contributed by atoms with van der Waals surface area (Å²) in [5, 5.41) is 8.38. The second-order valence-electron chi connectivity index (χ2n) is 5.40. The number of nitrogens with zero attached hydrogens (tertiary/aromatic N) is 3. The van der Waals surface area contributed by atoms with Gasteiger partial charge in [-0.15, -0.1) is 0 Å². The summed E-state index contributed by atoms with van der Waals surface area (Å²) in [7, 11) is 0. The highest BCUT2D eigenvalue weighted by Gasteiger charge is 2.13. The summed E-state index contributed by atoms with van der Waals surface area (Å²) in [5.74, 6) is 0.798. The van der Waals surface area contributed by atoms with Gasteiger partial charge in [0.1, 0.15) is 0 Å².